The number of hydrogen-bond acceptors (Lipinski definition) is 3. The number of nitrogens with zero attached hydrogens (tertiary/aromatic N) is 2. The Morgan fingerprint density at radius 3 is 2.77 bits per heavy atom. The number of aryl methyl sites for hydroxylation is 2. The molecule has 70 valence electrons. The van der Waals surface area contributed by atoms with Gasteiger partial charge in [0.2, 0.25) is 0 Å². The Hall–Kier alpha value is -0.960. The Morgan fingerprint density at radius 2 is 2.00 bits per heavy atom. The van der Waals surface area contributed by atoms with E-state index in [4.69, 9.17) is 4.74 Å². The van der Waals surface area contributed by atoms with E-state index in [1.54, 1.807) is 0 Å². The molecule has 13 heavy (non-hydrogen) atoms. The Balaban J connectivity index is 2.43. The molecular formula is C10H14N2O. The number of hydrogen-bond donors (Lipinski definition) is 0. The smallest absolute Gasteiger partial charge is 0.0744 e. The van der Waals surface area contributed by atoms with E-state index < -0.39 is 0 Å². The van der Waals surface area contributed by atoms with Crippen molar-refractivity contribution in [1.82, 2.24) is 10.2 Å². The molecule has 0 spiro atoms. The zero-order chi connectivity index (χ0) is 9.26. The van der Waals surface area contributed by atoms with Gasteiger partial charge in [0.1, 0.15) is 0 Å². The monoisotopic (exact) mass is 178 g/mol. The maximum atomic E-state index is 5.40. The lowest BCUT2D eigenvalue weighted by molar-refractivity contribution is 0.134. The fraction of sp³-hybridized carbons (Fsp3) is 0.600. The number of fused-ring (bicyclic) bond motifs is 1. The quantitative estimate of drug-likeness (QED) is 0.692. The lowest BCUT2D eigenvalue weighted by Crippen LogP contribution is -2.02. The zero-order valence-corrected chi connectivity index (χ0v) is 8.13. The predicted octanol–water partition coefficient (Wildman–Crippen LogP) is 1.77. The van der Waals surface area contributed by atoms with Gasteiger partial charge in [0.05, 0.1) is 24.6 Å². The molecule has 1 aromatic rings. The molecule has 0 bridgehead atoms. The van der Waals surface area contributed by atoms with Crippen LogP contribution in [0.4, 0.5) is 0 Å². The molecule has 3 nitrogen and oxygen atoms in total. The summed E-state index contributed by atoms with van der Waals surface area (Å²) < 4.78 is 5.40. The summed E-state index contributed by atoms with van der Waals surface area (Å²) in [5, 5.41) is 8.35. The molecule has 1 aliphatic heterocycles. The van der Waals surface area contributed by atoms with Crippen molar-refractivity contribution in [1.29, 1.82) is 0 Å². The molecule has 1 aliphatic rings. The van der Waals surface area contributed by atoms with Gasteiger partial charge in [-0.2, -0.15) is 10.2 Å². The first-order valence-corrected chi connectivity index (χ1v) is 4.74. The van der Waals surface area contributed by atoms with Crippen LogP contribution in [0.2, 0.25) is 0 Å². The van der Waals surface area contributed by atoms with Gasteiger partial charge in [-0.15, -0.1) is 0 Å². The molecule has 0 amide bonds. The highest BCUT2D eigenvalue weighted by molar-refractivity contribution is 5.33. The average Bonchev–Trinajstić information content (AvgIpc) is 2.59. The van der Waals surface area contributed by atoms with Gasteiger partial charge in [0.25, 0.3) is 0 Å². The molecular weight excluding hydrogens is 164 g/mol. The minimum atomic E-state index is 0.716. The molecule has 0 atom stereocenters. The van der Waals surface area contributed by atoms with Crippen molar-refractivity contribution in [2.45, 2.75) is 39.9 Å². The molecule has 3 heteroatoms. The first-order valence-electron chi connectivity index (χ1n) is 4.74. The van der Waals surface area contributed by atoms with Crippen LogP contribution in [-0.4, -0.2) is 10.2 Å². The van der Waals surface area contributed by atoms with Crippen LogP contribution in [0.25, 0.3) is 0 Å². The highest BCUT2D eigenvalue weighted by atomic mass is 16.5. The van der Waals surface area contributed by atoms with E-state index in [-0.39, 0.29) is 0 Å². The fourth-order valence-corrected chi connectivity index (χ4v) is 1.70. The Labute approximate surface area is 78.1 Å². The van der Waals surface area contributed by atoms with Gasteiger partial charge >= 0.3 is 0 Å². The minimum Gasteiger partial charge on any atom is -0.372 e. The zero-order valence-electron chi connectivity index (χ0n) is 8.13. The highest BCUT2D eigenvalue weighted by Gasteiger charge is 2.18. The van der Waals surface area contributed by atoms with Crippen LogP contribution in [0.1, 0.15) is 35.9 Å². The second kappa shape index (κ2) is 3.42. The minimum absolute atomic E-state index is 0.716. The topological polar surface area (TPSA) is 35.0 Å². The second-order valence-corrected chi connectivity index (χ2v) is 3.43. The summed E-state index contributed by atoms with van der Waals surface area (Å²) in [5.74, 6) is 0. The van der Waals surface area contributed by atoms with Gasteiger partial charge in [0, 0.05) is 11.1 Å². The third kappa shape index (κ3) is 1.44. The molecule has 0 fully saturated rings. The van der Waals surface area contributed by atoms with Gasteiger partial charge in [-0.1, -0.05) is 13.3 Å². The second-order valence-electron chi connectivity index (χ2n) is 3.43. The van der Waals surface area contributed by atoms with E-state index in [9.17, 15) is 0 Å². The predicted molar refractivity (Wildman–Crippen MR) is 49.3 cm³/mol. The third-order valence-corrected chi connectivity index (χ3v) is 2.45. The van der Waals surface area contributed by atoms with Crippen LogP contribution in [0.5, 0.6) is 0 Å². The standard InChI is InChI=1S/C10H14N2O/c1-3-4-10-9-6-13-5-8(9)7(2)11-12-10/h3-6H2,1-2H3. The molecule has 0 saturated heterocycles. The number of ether oxygens (including phenoxy) is 1. The molecule has 0 aliphatic carbocycles. The van der Waals surface area contributed by atoms with Crippen LogP contribution < -0.4 is 0 Å². The molecule has 2 rings (SSSR count). The highest BCUT2D eigenvalue weighted by Crippen LogP contribution is 2.24. The summed E-state index contributed by atoms with van der Waals surface area (Å²) in [5.41, 5.74) is 4.70. The summed E-state index contributed by atoms with van der Waals surface area (Å²) in [6, 6.07) is 0. The van der Waals surface area contributed by atoms with Crippen LogP contribution >= 0.6 is 0 Å². The maximum Gasteiger partial charge on any atom is 0.0744 e. The number of rotatable bonds is 2. The largest absolute Gasteiger partial charge is 0.372 e. The lowest BCUT2D eigenvalue weighted by Gasteiger charge is -2.05. The first-order chi connectivity index (χ1) is 6.33. The Morgan fingerprint density at radius 1 is 1.23 bits per heavy atom. The normalized spacial score (nSPS) is 14.6. The van der Waals surface area contributed by atoms with Gasteiger partial charge in [0.15, 0.2) is 0 Å². The lowest BCUT2D eigenvalue weighted by atomic mass is 10.1. The van der Waals surface area contributed by atoms with E-state index >= 15 is 0 Å². The fourth-order valence-electron chi connectivity index (χ4n) is 1.70. The molecule has 1 aromatic heterocycles. The van der Waals surface area contributed by atoms with Crippen LogP contribution in [0, 0.1) is 6.92 Å². The van der Waals surface area contributed by atoms with Crippen molar-refractivity contribution >= 4 is 0 Å². The SMILES string of the molecule is CCCc1nnc(C)c2c1COC2. The first kappa shape index (κ1) is 8.63. The molecule has 0 N–H and O–H groups in total. The molecule has 0 unspecified atom stereocenters. The molecule has 0 aromatic carbocycles. The molecule has 0 radical (unpaired) electrons. The summed E-state index contributed by atoms with van der Waals surface area (Å²) in [4.78, 5) is 0. The molecule has 2 heterocycles. The van der Waals surface area contributed by atoms with Crippen molar-refractivity contribution in [3.8, 4) is 0 Å². The van der Waals surface area contributed by atoms with Gasteiger partial charge in [-0.05, 0) is 13.3 Å². The molecule has 0 saturated carbocycles. The summed E-state index contributed by atoms with van der Waals surface area (Å²) in [6.07, 6.45) is 2.13. The average molecular weight is 178 g/mol. The van der Waals surface area contributed by atoms with Crippen molar-refractivity contribution in [2.24, 2.45) is 0 Å². The van der Waals surface area contributed by atoms with Crippen molar-refractivity contribution < 1.29 is 4.74 Å². The maximum absolute atomic E-state index is 5.40. The van der Waals surface area contributed by atoms with Gasteiger partial charge < -0.3 is 4.74 Å². The summed E-state index contributed by atoms with van der Waals surface area (Å²) in [7, 11) is 0. The Bertz CT molecular complexity index is 323. The Kier molecular flexibility index (Phi) is 2.27. The third-order valence-electron chi connectivity index (χ3n) is 2.45. The van der Waals surface area contributed by atoms with Crippen molar-refractivity contribution in [3.05, 3.63) is 22.5 Å². The number of aromatic nitrogens is 2. The van der Waals surface area contributed by atoms with Crippen molar-refractivity contribution in [2.75, 3.05) is 0 Å². The van der Waals surface area contributed by atoms with E-state index in [2.05, 4.69) is 17.1 Å². The van der Waals surface area contributed by atoms with Crippen LogP contribution in [-0.2, 0) is 24.4 Å². The van der Waals surface area contributed by atoms with E-state index in [0.29, 0.717) is 6.61 Å². The van der Waals surface area contributed by atoms with Crippen LogP contribution in [0.15, 0.2) is 0 Å². The van der Waals surface area contributed by atoms with E-state index in [1.165, 1.54) is 11.1 Å². The van der Waals surface area contributed by atoms with Crippen molar-refractivity contribution in [3.63, 3.8) is 0 Å². The van der Waals surface area contributed by atoms with Gasteiger partial charge in [-0.3, -0.25) is 0 Å². The van der Waals surface area contributed by atoms with Crippen LogP contribution in [0.3, 0.4) is 0 Å². The van der Waals surface area contributed by atoms with E-state index in [1.807, 2.05) is 6.92 Å². The van der Waals surface area contributed by atoms with Gasteiger partial charge in [-0.25, -0.2) is 0 Å². The van der Waals surface area contributed by atoms with E-state index in [0.717, 1.165) is 30.8 Å². The summed E-state index contributed by atoms with van der Waals surface area (Å²) in [6.45, 7) is 5.59. The summed E-state index contributed by atoms with van der Waals surface area (Å²) >= 11 is 0.